The Morgan fingerprint density at radius 3 is 2.47 bits per heavy atom. The second kappa shape index (κ2) is 5.89. The number of aliphatic hydroxyl groups is 4. The van der Waals surface area contributed by atoms with Crippen molar-refractivity contribution in [3.8, 4) is 0 Å². The third-order valence-corrected chi connectivity index (χ3v) is 5.60. The molecule has 1 radical (unpaired) electrons. The quantitative estimate of drug-likeness (QED) is 0.560. The molecule has 6 atom stereocenters. The van der Waals surface area contributed by atoms with E-state index in [2.05, 4.69) is 6.42 Å². The van der Waals surface area contributed by atoms with Crippen molar-refractivity contribution in [1.29, 1.82) is 0 Å². The Morgan fingerprint density at radius 1 is 1.12 bits per heavy atom. The predicted molar refractivity (Wildman–Crippen MR) is 66.5 cm³/mol. The molecular weight excluding hydrogens is 240 g/mol. The van der Waals surface area contributed by atoms with Crippen LogP contribution >= 0.6 is 11.8 Å². The van der Waals surface area contributed by atoms with E-state index in [0.29, 0.717) is 5.92 Å². The highest BCUT2D eigenvalue weighted by atomic mass is 32.2. The molecule has 0 amide bonds. The first-order chi connectivity index (χ1) is 8.15. The van der Waals surface area contributed by atoms with Crippen molar-refractivity contribution in [3.05, 3.63) is 6.42 Å². The van der Waals surface area contributed by atoms with Gasteiger partial charge in [-0.15, -0.1) is 11.8 Å². The van der Waals surface area contributed by atoms with Crippen LogP contribution < -0.4 is 0 Å². The van der Waals surface area contributed by atoms with Crippen molar-refractivity contribution in [3.63, 3.8) is 0 Å². The Labute approximate surface area is 106 Å². The minimum Gasteiger partial charge on any atom is -0.395 e. The van der Waals surface area contributed by atoms with E-state index >= 15 is 0 Å². The Kier molecular flexibility index (Phi) is 4.72. The summed E-state index contributed by atoms with van der Waals surface area (Å²) in [4.78, 5) is 0. The summed E-state index contributed by atoms with van der Waals surface area (Å²) in [7, 11) is 0. The van der Waals surface area contributed by atoms with E-state index in [9.17, 15) is 20.4 Å². The number of rotatable bonds is 2. The highest BCUT2D eigenvalue weighted by molar-refractivity contribution is 8.00. The zero-order valence-electron chi connectivity index (χ0n) is 9.77. The molecule has 1 unspecified atom stereocenters. The number of thioether (sulfide) groups is 1. The van der Waals surface area contributed by atoms with Gasteiger partial charge in [0.1, 0.15) is 6.10 Å². The highest BCUT2D eigenvalue weighted by Gasteiger charge is 2.45. The lowest BCUT2D eigenvalue weighted by molar-refractivity contribution is -0.0753. The van der Waals surface area contributed by atoms with Gasteiger partial charge in [-0.1, -0.05) is 12.8 Å². The lowest BCUT2D eigenvalue weighted by Crippen LogP contribution is -2.55. The first kappa shape index (κ1) is 13.6. The Hall–Kier alpha value is 0.190. The lowest BCUT2D eigenvalue weighted by atomic mass is 9.83. The smallest absolute Gasteiger partial charge is 0.108 e. The molecule has 1 aliphatic heterocycles. The van der Waals surface area contributed by atoms with E-state index in [0.717, 1.165) is 25.7 Å². The van der Waals surface area contributed by atoms with E-state index < -0.39 is 18.3 Å². The van der Waals surface area contributed by atoms with Crippen molar-refractivity contribution < 1.29 is 20.4 Å². The second-order valence-electron chi connectivity index (χ2n) is 5.01. The molecule has 0 aromatic carbocycles. The van der Waals surface area contributed by atoms with E-state index in [1.165, 1.54) is 11.8 Å². The van der Waals surface area contributed by atoms with Crippen molar-refractivity contribution in [2.45, 2.75) is 54.5 Å². The Morgan fingerprint density at radius 2 is 1.88 bits per heavy atom. The molecule has 2 fully saturated rings. The van der Waals surface area contributed by atoms with Gasteiger partial charge in [-0.25, -0.2) is 0 Å². The second-order valence-corrected chi connectivity index (χ2v) is 6.43. The molecule has 2 rings (SSSR count). The molecule has 1 heterocycles. The monoisotopic (exact) mass is 261 g/mol. The summed E-state index contributed by atoms with van der Waals surface area (Å²) in [6, 6.07) is 0. The van der Waals surface area contributed by atoms with Gasteiger partial charge in [0.15, 0.2) is 0 Å². The van der Waals surface area contributed by atoms with Crippen LogP contribution in [0.25, 0.3) is 0 Å². The maximum atomic E-state index is 10.0. The maximum Gasteiger partial charge on any atom is 0.108 e. The van der Waals surface area contributed by atoms with E-state index in [1.807, 2.05) is 0 Å². The molecule has 1 saturated carbocycles. The summed E-state index contributed by atoms with van der Waals surface area (Å²) in [5, 5.41) is 38.3. The molecule has 4 nitrogen and oxygen atoms in total. The maximum absolute atomic E-state index is 10.0. The largest absolute Gasteiger partial charge is 0.395 e. The van der Waals surface area contributed by atoms with Crippen LogP contribution in [0.1, 0.15) is 25.7 Å². The third-order valence-electron chi connectivity index (χ3n) is 3.85. The molecule has 0 aromatic rings. The van der Waals surface area contributed by atoms with Crippen molar-refractivity contribution in [1.82, 2.24) is 0 Å². The van der Waals surface area contributed by atoms with Gasteiger partial charge >= 0.3 is 0 Å². The standard InChI is InChI=1S/C12H21O4S/c13-6-8-9(14)10(15)11(16)12(17-8)7-4-2-1-3-5-7/h2,7-16H,1,3-6H2/t7?,8-,9+,10+,11-,12+/m1/s1. The summed E-state index contributed by atoms with van der Waals surface area (Å²) >= 11 is 1.43. The fourth-order valence-electron chi connectivity index (χ4n) is 2.79. The number of hydrogen-bond donors (Lipinski definition) is 4. The molecule has 1 aliphatic carbocycles. The first-order valence-corrected chi connectivity index (χ1v) is 7.21. The first-order valence-electron chi connectivity index (χ1n) is 6.27. The summed E-state index contributed by atoms with van der Waals surface area (Å²) in [6.45, 7) is -0.164. The Bertz CT molecular complexity index is 241. The summed E-state index contributed by atoms with van der Waals surface area (Å²) in [5.41, 5.74) is 0. The number of hydrogen-bond acceptors (Lipinski definition) is 5. The average molecular weight is 261 g/mol. The molecule has 0 aromatic heterocycles. The van der Waals surface area contributed by atoms with Gasteiger partial charge < -0.3 is 20.4 Å². The van der Waals surface area contributed by atoms with E-state index in [-0.39, 0.29) is 17.1 Å². The number of aliphatic hydroxyl groups excluding tert-OH is 4. The zero-order chi connectivity index (χ0) is 12.4. The van der Waals surface area contributed by atoms with Crippen LogP contribution in [0.4, 0.5) is 0 Å². The summed E-state index contributed by atoms with van der Waals surface area (Å²) < 4.78 is 0. The topological polar surface area (TPSA) is 80.9 Å². The zero-order valence-corrected chi connectivity index (χ0v) is 10.6. The van der Waals surface area contributed by atoms with Crippen molar-refractivity contribution in [2.75, 3.05) is 6.61 Å². The molecule has 17 heavy (non-hydrogen) atoms. The third kappa shape index (κ3) is 2.79. The van der Waals surface area contributed by atoms with Gasteiger partial charge in [0.25, 0.3) is 0 Å². The van der Waals surface area contributed by atoms with Crippen LogP contribution in [0.15, 0.2) is 0 Å². The van der Waals surface area contributed by atoms with Crippen LogP contribution in [0.3, 0.4) is 0 Å². The van der Waals surface area contributed by atoms with E-state index in [1.54, 1.807) is 0 Å². The molecule has 5 heteroatoms. The molecule has 99 valence electrons. The average Bonchev–Trinajstić information content (AvgIpc) is 2.37. The molecule has 1 saturated heterocycles. The normalized spacial score (nSPS) is 44.8. The molecular formula is C12H21O4S. The SMILES string of the molecule is OC[C@H]1S[C@@H](C2C[CH]CCC2)[C@H](O)[C@@H](O)[C@H]1O. The lowest BCUT2D eigenvalue weighted by Gasteiger charge is -2.43. The molecule has 4 N–H and O–H groups in total. The van der Waals surface area contributed by atoms with Crippen LogP contribution in [-0.4, -0.2) is 55.8 Å². The minimum atomic E-state index is -1.14. The predicted octanol–water partition coefficient (Wildman–Crippen LogP) is -0.0601. The van der Waals surface area contributed by atoms with Crippen LogP contribution in [0, 0.1) is 12.3 Å². The van der Waals surface area contributed by atoms with Gasteiger partial charge in [0, 0.05) is 5.25 Å². The van der Waals surface area contributed by atoms with Crippen LogP contribution in [0.2, 0.25) is 0 Å². The van der Waals surface area contributed by atoms with Crippen LogP contribution in [0.5, 0.6) is 0 Å². The van der Waals surface area contributed by atoms with Gasteiger partial charge in [-0.05, 0) is 25.2 Å². The molecule has 0 bridgehead atoms. The Balaban J connectivity index is 2.04. The fraction of sp³-hybridized carbons (Fsp3) is 0.917. The minimum absolute atomic E-state index is 0.0814. The molecule has 2 aliphatic rings. The van der Waals surface area contributed by atoms with Crippen LogP contribution in [-0.2, 0) is 0 Å². The van der Waals surface area contributed by atoms with E-state index in [4.69, 9.17) is 0 Å². The summed E-state index contributed by atoms with van der Waals surface area (Å²) in [6.07, 6.45) is 3.41. The van der Waals surface area contributed by atoms with Gasteiger partial charge in [0.05, 0.1) is 24.1 Å². The summed E-state index contributed by atoms with van der Waals surface area (Å²) in [5.74, 6) is 0.347. The fourth-order valence-corrected chi connectivity index (χ4v) is 4.40. The van der Waals surface area contributed by atoms with Gasteiger partial charge in [-0.2, -0.15) is 0 Å². The van der Waals surface area contributed by atoms with Gasteiger partial charge in [0.2, 0.25) is 0 Å². The van der Waals surface area contributed by atoms with Crippen molar-refractivity contribution in [2.24, 2.45) is 5.92 Å². The highest BCUT2D eigenvalue weighted by Crippen LogP contribution is 2.41. The van der Waals surface area contributed by atoms with Crippen molar-refractivity contribution >= 4 is 11.8 Å². The van der Waals surface area contributed by atoms with Gasteiger partial charge in [-0.3, -0.25) is 0 Å². The molecule has 0 spiro atoms.